The first-order valence-corrected chi connectivity index (χ1v) is 5.66. The highest BCUT2D eigenvalue weighted by atomic mass is 16.1. The van der Waals surface area contributed by atoms with E-state index in [0.717, 1.165) is 6.42 Å². The average molecular weight is 217 g/mol. The molecule has 16 heavy (non-hydrogen) atoms. The molecule has 86 valence electrons. The summed E-state index contributed by atoms with van der Waals surface area (Å²) in [5.41, 5.74) is 1.26. The molecule has 0 heterocycles. The number of nitrogens with one attached hydrogen (secondary N) is 1. The van der Waals surface area contributed by atoms with E-state index < -0.39 is 0 Å². The van der Waals surface area contributed by atoms with Gasteiger partial charge < -0.3 is 5.32 Å². The number of rotatable bonds is 6. The van der Waals surface area contributed by atoms with Crippen LogP contribution in [0, 0.1) is 0 Å². The van der Waals surface area contributed by atoms with Crippen molar-refractivity contribution in [3.8, 4) is 0 Å². The summed E-state index contributed by atoms with van der Waals surface area (Å²) < 4.78 is 0. The molecule has 1 aromatic rings. The molecule has 1 rings (SSSR count). The predicted molar refractivity (Wildman–Crippen MR) is 67.3 cm³/mol. The first-order chi connectivity index (χ1) is 7.74. The van der Waals surface area contributed by atoms with E-state index in [1.807, 2.05) is 18.2 Å². The van der Waals surface area contributed by atoms with Crippen LogP contribution in [0.3, 0.4) is 0 Å². The van der Waals surface area contributed by atoms with E-state index in [1.54, 1.807) is 6.08 Å². The number of hydrogen-bond acceptors (Lipinski definition) is 1. The third-order valence-electron chi connectivity index (χ3n) is 2.55. The normalized spacial score (nSPS) is 11.8. The van der Waals surface area contributed by atoms with E-state index in [9.17, 15) is 4.79 Å². The Morgan fingerprint density at radius 1 is 1.44 bits per heavy atom. The van der Waals surface area contributed by atoms with Crippen molar-refractivity contribution in [1.82, 2.24) is 5.32 Å². The number of carbonyl (C=O) groups excluding carboxylic acids is 1. The number of benzene rings is 1. The number of hydrogen-bond donors (Lipinski definition) is 1. The van der Waals surface area contributed by atoms with Crippen molar-refractivity contribution in [1.29, 1.82) is 0 Å². The third kappa shape index (κ3) is 4.30. The van der Waals surface area contributed by atoms with Crippen molar-refractivity contribution >= 4 is 5.91 Å². The van der Waals surface area contributed by atoms with Gasteiger partial charge in [-0.2, -0.15) is 0 Å². The highest BCUT2D eigenvalue weighted by Crippen LogP contribution is 2.12. The molecule has 2 heteroatoms. The molecular formula is C14H19NO. The Morgan fingerprint density at radius 2 is 2.12 bits per heavy atom. The van der Waals surface area contributed by atoms with E-state index in [4.69, 9.17) is 0 Å². The summed E-state index contributed by atoms with van der Waals surface area (Å²) in [6.07, 6.45) is 3.04. The lowest BCUT2D eigenvalue weighted by Crippen LogP contribution is -2.27. The minimum absolute atomic E-state index is 0.0997. The zero-order valence-electron chi connectivity index (χ0n) is 9.78. The Bertz CT molecular complexity index is 332. The number of amides is 1. The summed E-state index contributed by atoms with van der Waals surface area (Å²) in [7, 11) is 0. The molecule has 1 aromatic carbocycles. The predicted octanol–water partition coefficient (Wildman–Crippen LogP) is 2.87. The van der Waals surface area contributed by atoms with E-state index in [2.05, 4.69) is 31.0 Å². The van der Waals surface area contributed by atoms with Crippen molar-refractivity contribution in [2.45, 2.75) is 25.7 Å². The molecule has 0 fully saturated rings. The topological polar surface area (TPSA) is 29.1 Å². The van der Waals surface area contributed by atoms with Gasteiger partial charge in [-0.05, 0) is 17.9 Å². The van der Waals surface area contributed by atoms with Crippen molar-refractivity contribution in [3.05, 3.63) is 48.6 Å². The fraction of sp³-hybridized carbons (Fsp3) is 0.357. The van der Waals surface area contributed by atoms with Gasteiger partial charge in [0.15, 0.2) is 0 Å². The molecule has 0 saturated heterocycles. The summed E-state index contributed by atoms with van der Waals surface area (Å²) in [6, 6.07) is 10.2. The molecule has 0 bridgehead atoms. The second-order valence-electron chi connectivity index (χ2n) is 3.94. The quantitative estimate of drug-likeness (QED) is 0.729. The van der Waals surface area contributed by atoms with E-state index in [1.165, 1.54) is 5.56 Å². The van der Waals surface area contributed by atoms with Gasteiger partial charge in [0.1, 0.15) is 0 Å². The van der Waals surface area contributed by atoms with Gasteiger partial charge >= 0.3 is 0 Å². The van der Waals surface area contributed by atoms with E-state index in [-0.39, 0.29) is 5.91 Å². The van der Waals surface area contributed by atoms with Crippen LogP contribution in [0.5, 0.6) is 0 Å². The van der Waals surface area contributed by atoms with Crippen LogP contribution in [0.4, 0.5) is 0 Å². The summed E-state index contributed by atoms with van der Waals surface area (Å²) in [6.45, 7) is 6.40. The second kappa shape index (κ2) is 6.83. The fourth-order valence-electron chi connectivity index (χ4n) is 1.49. The van der Waals surface area contributed by atoms with E-state index >= 15 is 0 Å². The van der Waals surface area contributed by atoms with Gasteiger partial charge in [-0.25, -0.2) is 0 Å². The van der Waals surface area contributed by atoms with Gasteiger partial charge in [0.05, 0.1) is 0 Å². The maximum Gasteiger partial charge on any atom is 0.220 e. The molecule has 0 radical (unpaired) electrons. The van der Waals surface area contributed by atoms with Gasteiger partial charge in [-0.3, -0.25) is 4.79 Å². The molecule has 0 saturated carbocycles. The molecular weight excluding hydrogens is 198 g/mol. The minimum atomic E-state index is 0.0997. The highest BCUT2D eigenvalue weighted by Gasteiger charge is 2.06. The summed E-state index contributed by atoms with van der Waals surface area (Å²) >= 11 is 0. The summed E-state index contributed by atoms with van der Waals surface area (Å²) in [4.78, 5) is 11.4. The van der Waals surface area contributed by atoms with Gasteiger partial charge in [0, 0.05) is 13.0 Å². The van der Waals surface area contributed by atoms with Crippen molar-refractivity contribution in [2.24, 2.45) is 0 Å². The average Bonchev–Trinajstić information content (AvgIpc) is 2.34. The van der Waals surface area contributed by atoms with Crippen LogP contribution in [-0.2, 0) is 4.79 Å². The molecule has 2 nitrogen and oxygen atoms in total. The first-order valence-electron chi connectivity index (χ1n) is 5.66. The standard InChI is InChI=1S/C14H19NO/c1-3-4-10-14(16)15-11-12(2)13-8-6-5-7-9-13/h3,5-9,12H,1,4,10-11H2,2H3,(H,15,16)/t12-/m0/s1. The molecule has 0 unspecified atom stereocenters. The number of allylic oxidation sites excluding steroid dienone is 1. The Kier molecular flexibility index (Phi) is 5.34. The van der Waals surface area contributed by atoms with Crippen molar-refractivity contribution in [3.63, 3.8) is 0 Å². The molecule has 1 N–H and O–H groups in total. The highest BCUT2D eigenvalue weighted by molar-refractivity contribution is 5.76. The van der Waals surface area contributed by atoms with Crippen molar-refractivity contribution < 1.29 is 4.79 Å². The monoisotopic (exact) mass is 217 g/mol. The molecule has 0 aromatic heterocycles. The molecule has 1 amide bonds. The van der Waals surface area contributed by atoms with Crippen LogP contribution >= 0.6 is 0 Å². The molecule has 0 aliphatic carbocycles. The van der Waals surface area contributed by atoms with Gasteiger partial charge in [-0.1, -0.05) is 43.3 Å². The zero-order valence-corrected chi connectivity index (χ0v) is 9.78. The van der Waals surface area contributed by atoms with Crippen LogP contribution in [0.2, 0.25) is 0 Å². The summed E-state index contributed by atoms with van der Waals surface area (Å²) in [5.74, 6) is 0.455. The third-order valence-corrected chi connectivity index (χ3v) is 2.55. The minimum Gasteiger partial charge on any atom is -0.355 e. The first kappa shape index (κ1) is 12.5. The number of carbonyl (C=O) groups is 1. The lowest BCUT2D eigenvalue weighted by Gasteiger charge is -2.12. The maximum absolute atomic E-state index is 11.4. The second-order valence-corrected chi connectivity index (χ2v) is 3.94. The molecule has 0 spiro atoms. The van der Waals surface area contributed by atoms with Crippen LogP contribution in [-0.4, -0.2) is 12.5 Å². The van der Waals surface area contributed by atoms with Crippen LogP contribution in [0.25, 0.3) is 0 Å². The van der Waals surface area contributed by atoms with Crippen molar-refractivity contribution in [2.75, 3.05) is 6.54 Å². The molecule has 1 atom stereocenters. The smallest absolute Gasteiger partial charge is 0.220 e. The van der Waals surface area contributed by atoms with Crippen LogP contribution in [0.15, 0.2) is 43.0 Å². The largest absolute Gasteiger partial charge is 0.355 e. The maximum atomic E-state index is 11.4. The van der Waals surface area contributed by atoms with Gasteiger partial charge in [0.25, 0.3) is 0 Å². The van der Waals surface area contributed by atoms with E-state index in [0.29, 0.717) is 18.9 Å². The lowest BCUT2D eigenvalue weighted by molar-refractivity contribution is -0.121. The lowest BCUT2D eigenvalue weighted by atomic mass is 10.0. The Morgan fingerprint density at radius 3 is 2.75 bits per heavy atom. The van der Waals surface area contributed by atoms with Crippen LogP contribution in [0.1, 0.15) is 31.2 Å². The zero-order chi connectivity index (χ0) is 11.8. The Balaban J connectivity index is 2.33. The van der Waals surface area contributed by atoms with Gasteiger partial charge in [-0.15, -0.1) is 6.58 Å². The van der Waals surface area contributed by atoms with Crippen LogP contribution < -0.4 is 5.32 Å². The van der Waals surface area contributed by atoms with Gasteiger partial charge in [0.2, 0.25) is 5.91 Å². The Hall–Kier alpha value is -1.57. The SMILES string of the molecule is C=CCCC(=O)NC[C@H](C)c1ccccc1. The molecule has 0 aliphatic rings. The molecule has 0 aliphatic heterocycles. The fourth-order valence-corrected chi connectivity index (χ4v) is 1.49. The Labute approximate surface area is 97.4 Å². The summed E-state index contributed by atoms with van der Waals surface area (Å²) in [5, 5.41) is 2.93.